The molecule has 0 spiro atoms. The number of hydrogen-bond donors (Lipinski definition) is 0. The van der Waals surface area contributed by atoms with Gasteiger partial charge in [-0.25, -0.2) is 4.39 Å². The average Bonchev–Trinajstić information content (AvgIpc) is 3.35. The number of carbonyl (C=O) groups excluding carboxylic acids is 1. The summed E-state index contributed by atoms with van der Waals surface area (Å²) in [4.78, 5) is 18.6. The Balaban J connectivity index is 1.52. The van der Waals surface area contributed by atoms with Crippen molar-refractivity contribution in [2.24, 2.45) is 0 Å². The number of methoxy groups -OCH3 is 1. The van der Waals surface area contributed by atoms with Crippen molar-refractivity contribution in [1.82, 2.24) is 10.1 Å². The molecular formula is C21H20FN3O3. The topological polar surface area (TPSA) is 68.5 Å². The highest BCUT2D eigenvalue weighted by atomic mass is 19.1. The maximum Gasteiger partial charge on any atom is 0.258 e. The van der Waals surface area contributed by atoms with E-state index in [2.05, 4.69) is 17.1 Å². The number of hydrogen-bond acceptors (Lipinski definition) is 5. The van der Waals surface area contributed by atoms with Crippen molar-refractivity contribution >= 4 is 11.6 Å². The van der Waals surface area contributed by atoms with Gasteiger partial charge in [-0.05, 0) is 42.3 Å². The summed E-state index contributed by atoms with van der Waals surface area (Å²) in [5.74, 6) is 0.171. The van der Waals surface area contributed by atoms with Gasteiger partial charge in [-0.2, -0.15) is 4.98 Å². The molecule has 1 aliphatic rings. The molecule has 1 fully saturated rings. The van der Waals surface area contributed by atoms with Gasteiger partial charge >= 0.3 is 0 Å². The fourth-order valence-electron chi connectivity index (χ4n) is 3.36. The van der Waals surface area contributed by atoms with Crippen molar-refractivity contribution in [2.75, 3.05) is 18.6 Å². The zero-order valence-corrected chi connectivity index (χ0v) is 15.7. The van der Waals surface area contributed by atoms with Gasteiger partial charge in [0, 0.05) is 30.1 Å². The predicted molar refractivity (Wildman–Crippen MR) is 102 cm³/mol. The number of rotatable bonds is 5. The monoisotopic (exact) mass is 381 g/mol. The molecule has 1 amide bonds. The number of benzene rings is 2. The molecule has 0 saturated carbocycles. The molecule has 28 heavy (non-hydrogen) atoms. The molecule has 2 heterocycles. The van der Waals surface area contributed by atoms with Crippen LogP contribution in [0.2, 0.25) is 0 Å². The van der Waals surface area contributed by atoms with Crippen LogP contribution in [0, 0.1) is 5.82 Å². The normalized spacial score (nSPS) is 16.6. The maximum absolute atomic E-state index is 13.9. The second-order valence-electron chi connectivity index (χ2n) is 6.73. The van der Waals surface area contributed by atoms with E-state index >= 15 is 0 Å². The number of anilines is 1. The summed E-state index contributed by atoms with van der Waals surface area (Å²) in [7, 11) is 1.40. The third-order valence-electron chi connectivity index (χ3n) is 4.99. The van der Waals surface area contributed by atoms with Gasteiger partial charge in [0.05, 0.1) is 7.11 Å². The van der Waals surface area contributed by atoms with Crippen LogP contribution < -0.4 is 9.64 Å². The second-order valence-corrected chi connectivity index (χ2v) is 6.73. The van der Waals surface area contributed by atoms with E-state index in [0.717, 1.165) is 12.1 Å². The van der Waals surface area contributed by atoms with Crippen LogP contribution in [-0.2, 0) is 11.2 Å². The molecule has 0 bridgehead atoms. The molecular weight excluding hydrogens is 361 g/mol. The first-order valence-corrected chi connectivity index (χ1v) is 9.16. The molecule has 0 N–H and O–H groups in total. The minimum atomic E-state index is -0.502. The number of aromatic nitrogens is 2. The van der Waals surface area contributed by atoms with Crippen molar-refractivity contribution in [1.29, 1.82) is 0 Å². The van der Waals surface area contributed by atoms with Crippen molar-refractivity contribution < 1.29 is 18.4 Å². The summed E-state index contributed by atoms with van der Waals surface area (Å²) in [6, 6.07) is 12.4. The number of carbonyl (C=O) groups is 1. The smallest absolute Gasteiger partial charge is 0.258 e. The summed E-state index contributed by atoms with van der Waals surface area (Å²) in [5, 5.41) is 4.02. The van der Waals surface area contributed by atoms with Crippen molar-refractivity contribution in [2.45, 2.75) is 25.7 Å². The van der Waals surface area contributed by atoms with E-state index < -0.39 is 5.82 Å². The summed E-state index contributed by atoms with van der Waals surface area (Å²) in [5.41, 5.74) is 2.56. The van der Waals surface area contributed by atoms with Crippen LogP contribution in [0.25, 0.3) is 11.5 Å². The highest BCUT2D eigenvalue weighted by Crippen LogP contribution is 2.32. The standard InChI is InChI=1S/C21H20FN3O3/c1-3-13-4-7-16(8-5-13)25-12-15(11-19(25)26)20-23-21(28-24-20)14-6-9-18(27-2)17(22)10-14/h4-10,15H,3,11-12H2,1-2H3. The van der Waals surface area contributed by atoms with E-state index in [1.807, 2.05) is 24.3 Å². The predicted octanol–water partition coefficient (Wildman–Crippen LogP) is 3.97. The Morgan fingerprint density at radius 3 is 2.71 bits per heavy atom. The highest BCUT2D eigenvalue weighted by molar-refractivity contribution is 5.96. The molecule has 7 heteroatoms. The SMILES string of the molecule is CCc1ccc(N2CC(c3noc(-c4ccc(OC)c(F)c4)n3)CC2=O)cc1. The van der Waals surface area contributed by atoms with Gasteiger partial charge in [0.25, 0.3) is 5.89 Å². The van der Waals surface area contributed by atoms with Gasteiger partial charge in [0.2, 0.25) is 5.91 Å². The second kappa shape index (κ2) is 7.42. The number of nitrogens with zero attached hydrogens (tertiary/aromatic N) is 3. The quantitative estimate of drug-likeness (QED) is 0.669. The summed E-state index contributed by atoms with van der Waals surface area (Å²) >= 11 is 0. The lowest BCUT2D eigenvalue weighted by molar-refractivity contribution is -0.117. The number of amides is 1. The Morgan fingerprint density at radius 1 is 1.25 bits per heavy atom. The Kier molecular flexibility index (Phi) is 4.81. The van der Waals surface area contributed by atoms with Crippen molar-refractivity contribution in [3.05, 3.63) is 59.7 Å². The van der Waals surface area contributed by atoms with Crippen molar-refractivity contribution in [3.8, 4) is 17.2 Å². The number of ether oxygens (including phenoxy) is 1. The van der Waals surface area contributed by atoms with Crippen LogP contribution in [0.1, 0.15) is 30.7 Å². The van der Waals surface area contributed by atoms with Crippen LogP contribution in [0.4, 0.5) is 10.1 Å². The van der Waals surface area contributed by atoms with Crippen LogP contribution in [0.15, 0.2) is 47.0 Å². The van der Waals surface area contributed by atoms with E-state index in [0.29, 0.717) is 24.4 Å². The molecule has 1 aliphatic heterocycles. The van der Waals surface area contributed by atoms with E-state index in [-0.39, 0.29) is 23.5 Å². The minimum Gasteiger partial charge on any atom is -0.494 e. The zero-order chi connectivity index (χ0) is 19.7. The largest absolute Gasteiger partial charge is 0.494 e. The van der Waals surface area contributed by atoms with Crippen LogP contribution in [0.5, 0.6) is 5.75 Å². The summed E-state index contributed by atoms with van der Waals surface area (Å²) in [6.45, 7) is 2.58. The third kappa shape index (κ3) is 3.35. The van der Waals surface area contributed by atoms with Crippen LogP contribution in [-0.4, -0.2) is 29.7 Å². The first kappa shape index (κ1) is 18.2. The molecule has 2 aromatic carbocycles. The van der Waals surface area contributed by atoms with Gasteiger partial charge < -0.3 is 14.2 Å². The maximum atomic E-state index is 13.9. The van der Waals surface area contributed by atoms with Crippen LogP contribution >= 0.6 is 0 Å². The van der Waals surface area contributed by atoms with Gasteiger partial charge in [-0.3, -0.25) is 4.79 Å². The van der Waals surface area contributed by atoms with Gasteiger partial charge in [-0.1, -0.05) is 24.2 Å². The lowest BCUT2D eigenvalue weighted by atomic mass is 10.1. The Hall–Kier alpha value is -3.22. The fourth-order valence-corrected chi connectivity index (χ4v) is 3.36. The fraction of sp³-hybridized carbons (Fsp3) is 0.286. The lowest BCUT2D eigenvalue weighted by Gasteiger charge is -2.16. The Labute approximate surface area is 161 Å². The van der Waals surface area contributed by atoms with Gasteiger partial charge in [0.15, 0.2) is 17.4 Å². The summed E-state index contributed by atoms with van der Waals surface area (Å²) < 4.78 is 24.1. The Morgan fingerprint density at radius 2 is 2.04 bits per heavy atom. The van der Waals surface area contributed by atoms with E-state index in [4.69, 9.17) is 9.26 Å². The highest BCUT2D eigenvalue weighted by Gasteiger charge is 2.34. The van der Waals surface area contributed by atoms with Gasteiger partial charge in [0.1, 0.15) is 0 Å². The van der Waals surface area contributed by atoms with E-state index in [1.54, 1.807) is 11.0 Å². The number of halogens is 1. The first-order chi connectivity index (χ1) is 13.6. The molecule has 1 saturated heterocycles. The molecule has 3 aromatic rings. The van der Waals surface area contributed by atoms with E-state index in [1.165, 1.54) is 24.8 Å². The molecule has 4 rings (SSSR count). The number of aryl methyl sites for hydroxylation is 1. The lowest BCUT2D eigenvalue weighted by Crippen LogP contribution is -2.24. The molecule has 6 nitrogen and oxygen atoms in total. The average molecular weight is 381 g/mol. The zero-order valence-electron chi connectivity index (χ0n) is 15.7. The van der Waals surface area contributed by atoms with Crippen molar-refractivity contribution in [3.63, 3.8) is 0 Å². The summed E-state index contributed by atoms with van der Waals surface area (Å²) in [6.07, 6.45) is 1.26. The Bertz CT molecular complexity index is 1000. The molecule has 1 aromatic heterocycles. The molecule has 1 unspecified atom stereocenters. The van der Waals surface area contributed by atoms with E-state index in [9.17, 15) is 9.18 Å². The molecule has 0 radical (unpaired) electrons. The first-order valence-electron chi connectivity index (χ1n) is 9.16. The molecule has 1 atom stereocenters. The van der Waals surface area contributed by atoms with Gasteiger partial charge in [-0.15, -0.1) is 0 Å². The molecule has 144 valence electrons. The van der Waals surface area contributed by atoms with Crippen LogP contribution in [0.3, 0.4) is 0 Å². The molecule has 0 aliphatic carbocycles. The third-order valence-corrected chi connectivity index (χ3v) is 4.99. The minimum absolute atomic E-state index is 0.0242.